The standard InChI is InChI=1S/C22H25N3O3S/c1-2-17-15-24(16-18-9-6-7-14-23-18)22(26)21-13-8-12-20(17)25(21)29(27,28)19-10-4-3-5-11-19/h2-7,9-11,14,17,20-21H,1,8,12-13,15-16H2/t17-,20?,21?/m0/s1. The van der Waals surface area contributed by atoms with Gasteiger partial charge in [-0.3, -0.25) is 9.78 Å². The van der Waals surface area contributed by atoms with Crippen molar-refractivity contribution in [2.75, 3.05) is 6.54 Å². The van der Waals surface area contributed by atoms with E-state index < -0.39 is 16.1 Å². The summed E-state index contributed by atoms with van der Waals surface area (Å²) in [5.74, 6) is -0.282. The molecule has 7 heteroatoms. The fourth-order valence-corrected chi connectivity index (χ4v) is 6.33. The summed E-state index contributed by atoms with van der Waals surface area (Å²) >= 11 is 0. The third-order valence-corrected chi connectivity index (χ3v) is 7.78. The highest BCUT2D eigenvalue weighted by Gasteiger charge is 2.49. The van der Waals surface area contributed by atoms with Crippen molar-refractivity contribution >= 4 is 15.9 Å². The summed E-state index contributed by atoms with van der Waals surface area (Å²) in [6.45, 7) is 4.77. The van der Waals surface area contributed by atoms with Gasteiger partial charge in [0.05, 0.1) is 17.1 Å². The van der Waals surface area contributed by atoms with Crippen molar-refractivity contribution in [2.24, 2.45) is 5.92 Å². The van der Waals surface area contributed by atoms with E-state index in [1.54, 1.807) is 47.5 Å². The Labute approximate surface area is 171 Å². The molecule has 0 N–H and O–H groups in total. The first-order valence-corrected chi connectivity index (χ1v) is 11.4. The molecule has 2 aliphatic rings. The predicted molar refractivity (Wildman–Crippen MR) is 110 cm³/mol. The van der Waals surface area contributed by atoms with Crippen molar-refractivity contribution in [3.05, 3.63) is 73.1 Å². The number of aromatic nitrogens is 1. The van der Waals surface area contributed by atoms with Crippen molar-refractivity contribution in [2.45, 2.75) is 42.8 Å². The van der Waals surface area contributed by atoms with E-state index in [4.69, 9.17) is 0 Å². The highest BCUT2D eigenvalue weighted by Crippen LogP contribution is 2.37. The molecule has 2 saturated heterocycles. The second-order valence-corrected chi connectivity index (χ2v) is 9.44. The van der Waals surface area contributed by atoms with E-state index >= 15 is 0 Å². The molecule has 6 nitrogen and oxygen atoms in total. The van der Waals surface area contributed by atoms with E-state index in [1.165, 1.54) is 4.31 Å². The maximum absolute atomic E-state index is 13.5. The number of hydrogen-bond acceptors (Lipinski definition) is 4. The zero-order valence-corrected chi connectivity index (χ0v) is 17.0. The number of rotatable bonds is 5. The summed E-state index contributed by atoms with van der Waals surface area (Å²) in [6, 6.07) is 13.0. The van der Waals surface area contributed by atoms with Gasteiger partial charge in [-0.05, 0) is 43.5 Å². The zero-order chi connectivity index (χ0) is 20.4. The number of nitrogens with zero attached hydrogens (tertiary/aromatic N) is 3. The van der Waals surface area contributed by atoms with Crippen molar-refractivity contribution < 1.29 is 13.2 Å². The summed E-state index contributed by atoms with van der Waals surface area (Å²) in [6.07, 6.45) is 5.58. The van der Waals surface area contributed by atoms with Gasteiger partial charge in [-0.25, -0.2) is 8.42 Å². The first kappa shape index (κ1) is 19.8. The Bertz CT molecular complexity index is 979. The molecule has 3 heterocycles. The third kappa shape index (κ3) is 3.72. The van der Waals surface area contributed by atoms with E-state index in [-0.39, 0.29) is 22.8 Å². The summed E-state index contributed by atoms with van der Waals surface area (Å²) in [4.78, 5) is 19.8. The average Bonchev–Trinajstić information content (AvgIpc) is 2.82. The summed E-state index contributed by atoms with van der Waals surface area (Å²) in [5, 5.41) is 0. The maximum Gasteiger partial charge on any atom is 0.244 e. The highest BCUT2D eigenvalue weighted by atomic mass is 32.2. The minimum atomic E-state index is -3.79. The van der Waals surface area contributed by atoms with E-state index in [9.17, 15) is 13.2 Å². The van der Waals surface area contributed by atoms with Crippen LogP contribution in [0, 0.1) is 5.92 Å². The van der Waals surface area contributed by atoms with Crippen LogP contribution in [0.4, 0.5) is 0 Å². The van der Waals surface area contributed by atoms with Crippen LogP contribution >= 0.6 is 0 Å². The lowest BCUT2D eigenvalue weighted by molar-refractivity contribution is -0.135. The molecule has 2 bridgehead atoms. The lowest BCUT2D eigenvalue weighted by Gasteiger charge is -2.40. The van der Waals surface area contributed by atoms with Gasteiger partial charge in [-0.2, -0.15) is 4.31 Å². The topological polar surface area (TPSA) is 70.6 Å². The van der Waals surface area contributed by atoms with Gasteiger partial charge in [0, 0.05) is 24.7 Å². The lowest BCUT2D eigenvalue weighted by atomic mass is 9.90. The van der Waals surface area contributed by atoms with Crippen molar-refractivity contribution in [3.63, 3.8) is 0 Å². The smallest absolute Gasteiger partial charge is 0.244 e. The molecule has 0 spiro atoms. The van der Waals surface area contributed by atoms with Crippen LogP contribution in [0.25, 0.3) is 0 Å². The molecule has 29 heavy (non-hydrogen) atoms. The Morgan fingerprint density at radius 3 is 2.55 bits per heavy atom. The van der Waals surface area contributed by atoms with Gasteiger partial charge in [-0.15, -0.1) is 6.58 Å². The molecule has 2 aliphatic heterocycles. The molecule has 1 aromatic carbocycles. The van der Waals surface area contributed by atoms with Crippen LogP contribution < -0.4 is 0 Å². The van der Waals surface area contributed by atoms with Crippen molar-refractivity contribution in [1.82, 2.24) is 14.2 Å². The van der Waals surface area contributed by atoms with Gasteiger partial charge in [0.25, 0.3) is 0 Å². The molecular weight excluding hydrogens is 386 g/mol. The average molecular weight is 412 g/mol. The molecule has 2 aromatic rings. The monoisotopic (exact) mass is 411 g/mol. The lowest BCUT2D eigenvalue weighted by Crippen LogP contribution is -2.54. The largest absolute Gasteiger partial charge is 0.335 e. The van der Waals surface area contributed by atoms with Gasteiger partial charge < -0.3 is 4.90 Å². The number of piperidine rings is 1. The summed E-state index contributed by atoms with van der Waals surface area (Å²) < 4.78 is 28.5. The molecular formula is C22H25N3O3S. The van der Waals surface area contributed by atoms with Crippen LogP contribution in [0.3, 0.4) is 0 Å². The molecule has 0 saturated carbocycles. The van der Waals surface area contributed by atoms with Crippen LogP contribution in [0.1, 0.15) is 25.0 Å². The fourth-order valence-electron chi connectivity index (χ4n) is 4.44. The minimum Gasteiger partial charge on any atom is -0.335 e. The van der Waals surface area contributed by atoms with E-state index in [0.29, 0.717) is 19.5 Å². The molecule has 4 rings (SSSR count). The SMILES string of the molecule is C=C[C@H]1CN(Cc2ccccn2)C(=O)C2CCCC1N2S(=O)(=O)c1ccccc1. The number of pyridine rings is 1. The molecule has 0 radical (unpaired) electrons. The Morgan fingerprint density at radius 2 is 1.86 bits per heavy atom. The molecule has 1 aromatic heterocycles. The van der Waals surface area contributed by atoms with Crippen molar-refractivity contribution in [1.29, 1.82) is 0 Å². The van der Waals surface area contributed by atoms with Crippen molar-refractivity contribution in [3.8, 4) is 0 Å². The minimum absolute atomic E-state index is 0.133. The van der Waals surface area contributed by atoms with Crippen LogP contribution in [0.15, 0.2) is 72.3 Å². The molecule has 2 unspecified atom stereocenters. The van der Waals surface area contributed by atoms with Gasteiger partial charge in [0.15, 0.2) is 0 Å². The number of carbonyl (C=O) groups excluding carboxylic acids is 1. The molecule has 152 valence electrons. The molecule has 3 atom stereocenters. The number of benzene rings is 1. The normalized spacial score (nSPS) is 25.4. The predicted octanol–water partition coefficient (Wildman–Crippen LogP) is 2.84. The number of fused-ring (bicyclic) bond motifs is 2. The first-order valence-electron chi connectivity index (χ1n) is 9.92. The Morgan fingerprint density at radius 1 is 1.10 bits per heavy atom. The molecule has 0 aliphatic carbocycles. The Kier molecular flexibility index (Phi) is 5.52. The van der Waals surface area contributed by atoms with Crippen LogP contribution in [-0.4, -0.2) is 47.1 Å². The van der Waals surface area contributed by atoms with Gasteiger partial charge in [-0.1, -0.05) is 30.3 Å². The van der Waals surface area contributed by atoms with Crippen LogP contribution in [0.5, 0.6) is 0 Å². The van der Waals surface area contributed by atoms with Gasteiger partial charge in [0.1, 0.15) is 6.04 Å². The summed E-state index contributed by atoms with van der Waals surface area (Å²) in [7, 11) is -3.79. The third-order valence-electron chi connectivity index (χ3n) is 5.83. The second kappa shape index (κ2) is 8.08. The number of amides is 1. The summed E-state index contributed by atoms with van der Waals surface area (Å²) in [5.41, 5.74) is 0.789. The number of hydrogen-bond donors (Lipinski definition) is 0. The van der Waals surface area contributed by atoms with E-state index in [1.807, 2.05) is 18.2 Å². The maximum atomic E-state index is 13.5. The fraction of sp³-hybridized carbons (Fsp3) is 0.364. The second-order valence-electron chi connectivity index (χ2n) is 7.60. The number of carbonyl (C=O) groups is 1. The Hall–Kier alpha value is -2.51. The molecule has 2 fully saturated rings. The highest BCUT2D eigenvalue weighted by molar-refractivity contribution is 7.89. The van der Waals surface area contributed by atoms with Gasteiger partial charge in [0.2, 0.25) is 15.9 Å². The Balaban J connectivity index is 1.74. The zero-order valence-electron chi connectivity index (χ0n) is 16.2. The van der Waals surface area contributed by atoms with E-state index in [0.717, 1.165) is 18.5 Å². The van der Waals surface area contributed by atoms with Crippen LogP contribution in [-0.2, 0) is 21.4 Å². The first-order chi connectivity index (χ1) is 14.0. The quantitative estimate of drug-likeness (QED) is 0.710. The number of sulfonamides is 1. The van der Waals surface area contributed by atoms with E-state index in [2.05, 4.69) is 11.6 Å². The molecule has 1 amide bonds. The van der Waals surface area contributed by atoms with Crippen LogP contribution in [0.2, 0.25) is 0 Å². The van der Waals surface area contributed by atoms with Gasteiger partial charge >= 0.3 is 0 Å².